The Labute approximate surface area is 152 Å². The number of ether oxygens (including phenoxy) is 1. The molecular formula is C18H16BrN3O3. The van der Waals surface area contributed by atoms with Crippen molar-refractivity contribution in [3.05, 3.63) is 52.0 Å². The molecule has 3 rings (SSSR count). The van der Waals surface area contributed by atoms with Crippen LogP contribution in [0.4, 0.5) is 5.69 Å². The number of aromatic hydroxyl groups is 1. The largest absolute Gasteiger partial charge is 0.493 e. The van der Waals surface area contributed by atoms with E-state index in [0.29, 0.717) is 16.7 Å². The molecule has 0 saturated heterocycles. The molecule has 0 radical (unpaired) electrons. The van der Waals surface area contributed by atoms with Crippen LogP contribution in [0.15, 0.2) is 51.1 Å². The predicted molar refractivity (Wildman–Crippen MR) is 98.6 cm³/mol. The summed E-state index contributed by atoms with van der Waals surface area (Å²) < 4.78 is 6.31. The van der Waals surface area contributed by atoms with Crippen LogP contribution in [0.5, 0.6) is 11.6 Å². The van der Waals surface area contributed by atoms with Crippen LogP contribution in [-0.4, -0.2) is 22.6 Å². The SMILES string of the molecule is Cc1ccc(OCC(=O)N=Nc2c(O)[nH]c3ccc(Br)cc23)c(C)c1. The molecule has 128 valence electrons. The van der Waals surface area contributed by atoms with Gasteiger partial charge >= 0.3 is 5.91 Å². The van der Waals surface area contributed by atoms with E-state index in [0.717, 1.165) is 15.6 Å². The summed E-state index contributed by atoms with van der Waals surface area (Å²) >= 11 is 3.36. The van der Waals surface area contributed by atoms with E-state index < -0.39 is 5.91 Å². The topological polar surface area (TPSA) is 87.0 Å². The Morgan fingerprint density at radius 1 is 1.24 bits per heavy atom. The number of aromatic nitrogens is 1. The van der Waals surface area contributed by atoms with Crippen LogP contribution in [0, 0.1) is 13.8 Å². The van der Waals surface area contributed by atoms with Crippen LogP contribution in [-0.2, 0) is 4.79 Å². The number of benzene rings is 2. The van der Waals surface area contributed by atoms with Gasteiger partial charge in [-0.1, -0.05) is 33.6 Å². The molecule has 6 nitrogen and oxygen atoms in total. The molecule has 0 aliphatic carbocycles. The Hall–Kier alpha value is -2.67. The van der Waals surface area contributed by atoms with Gasteiger partial charge in [0, 0.05) is 9.86 Å². The number of aromatic amines is 1. The third-order valence-corrected chi connectivity index (χ3v) is 4.15. The second-order valence-electron chi connectivity index (χ2n) is 5.66. The molecule has 1 amide bonds. The number of carbonyl (C=O) groups excluding carboxylic acids is 1. The van der Waals surface area contributed by atoms with E-state index in [1.54, 1.807) is 12.1 Å². The average molecular weight is 402 g/mol. The average Bonchev–Trinajstić information content (AvgIpc) is 2.87. The number of halogens is 1. The van der Waals surface area contributed by atoms with Crippen LogP contribution in [0.25, 0.3) is 10.9 Å². The number of azo groups is 1. The number of amides is 1. The number of fused-ring (bicyclic) bond motifs is 1. The van der Waals surface area contributed by atoms with E-state index in [2.05, 4.69) is 31.1 Å². The molecule has 0 fully saturated rings. The summed E-state index contributed by atoms with van der Waals surface area (Å²) in [5.41, 5.74) is 2.99. The van der Waals surface area contributed by atoms with Gasteiger partial charge in [-0.15, -0.1) is 10.2 Å². The molecule has 1 aromatic heterocycles. The number of aryl methyl sites for hydroxylation is 2. The minimum atomic E-state index is -0.538. The molecule has 2 N–H and O–H groups in total. The highest BCUT2D eigenvalue weighted by molar-refractivity contribution is 9.10. The first-order valence-electron chi connectivity index (χ1n) is 7.59. The number of nitrogens with zero attached hydrogens (tertiary/aromatic N) is 2. The Balaban J connectivity index is 1.72. The monoisotopic (exact) mass is 401 g/mol. The molecule has 7 heteroatoms. The lowest BCUT2D eigenvalue weighted by Gasteiger charge is -2.07. The summed E-state index contributed by atoms with van der Waals surface area (Å²) in [6.45, 7) is 3.68. The molecule has 0 spiro atoms. The summed E-state index contributed by atoms with van der Waals surface area (Å²) in [6, 6.07) is 11.1. The molecule has 2 aromatic carbocycles. The van der Waals surface area contributed by atoms with E-state index in [4.69, 9.17) is 4.74 Å². The van der Waals surface area contributed by atoms with Crippen molar-refractivity contribution < 1.29 is 14.6 Å². The van der Waals surface area contributed by atoms with Gasteiger partial charge in [0.25, 0.3) is 0 Å². The maximum Gasteiger partial charge on any atom is 0.302 e. The molecule has 3 aromatic rings. The maximum atomic E-state index is 11.9. The summed E-state index contributed by atoms with van der Waals surface area (Å²) in [5.74, 6) is -0.0447. The van der Waals surface area contributed by atoms with Crippen molar-refractivity contribution >= 4 is 38.4 Å². The lowest BCUT2D eigenvalue weighted by atomic mass is 10.1. The van der Waals surface area contributed by atoms with E-state index in [1.807, 2.05) is 38.1 Å². The first kappa shape index (κ1) is 17.2. The Bertz CT molecular complexity index is 979. The van der Waals surface area contributed by atoms with Gasteiger partial charge in [0.15, 0.2) is 12.3 Å². The fourth-order valence-electron chi connectivity index (χ4n) is 2.47. The van der Waals surface area contributed by atoms with Crippen molar-refractivity contribution in [2.24, 2.45) is 10.2 Å². The third kappa shape index (κ3) is 3.88. The second-order valence-corrected chi connectivity index (χ2v) is 6.58. The standard InChI is InChI=1S/C18H16BrN3O3/c1-10-3-6-15(11(2)7-10)25-9-16(23)21-22-17-13-8-12(19)4-5-14(13)20-18(17)24/h3-8,20,24H,9H2,1-2H3. The first-order chi connectivity index (χ1) is 11.9. The van der Waals surface area contributed by atoms with Gasteiger partial charge in [0.05, 0.1) is 5.52 Å². The van der Waals surface area contributed by atoms with Gasteiger partial charge in [0.1, 0.15) is 5.75 Å². The highest BCUT2D eigenvalue weighted by atomic mass is 79.9. The molecule has 0 saturated carbocycles. The summed E-state index contributed by atoms with van der Waals surface area (Å²) in [6.07, 6.45) is 0. The molecule has 0 unspecified atom stereocenters. The van der Waals surface area contributed by atoms with Crippen molar-refractivity contribution in [1.29, 1.82) is 0 Å². The zero-order chi connectivity index (χ0) is 18.0. The lowest BCUT2D eigenvalue weighted by Crippen LogP contribution is -2.08. The van der Waals surface area contributed by atoms with Gasteiger partial charge in [-0.25, -0.2) is 0 Å². The minimum Gasteiger partial charge on any atom is -0.493 e. The number of carbonyl (C=O) groups is 1. The van der Waals surface area contributed by atoms with Crippen molar-refractivity contribution in [2.45, 2.75) is 13.8 Å². The van der Waals surface area contributed by atoms with E-state index in [-0.39, 0.29) is 18.2 Å². The first-order valence-corrected chi connectivity index (χ1v) is 8.38. The maximum absolute atomic E-state index is 11.9. The number of hydrogen-bond acceptors (Lipinski definition) is 4. The van der Waals surface area contributed by atoms with Crippen LogP contribution in [0.1, 0.15) is 11.1 Å². The van der Waals surface area contributed by atoms with Crippen molar-refractivity contribution in [2.75, 3.05) is 6.61 Å². The number of H-pyrrole nitrogens is 1. The van der Waals surface area contributed by atoms with Crippen LogP contribution >= 0.6 is 15.9 Å². The third-order valence-electron chi connectivity index (χ3n) is 3.66. The molecule has 0 bridgehead atoms. The van der Waals surface area contributed by atoms with Crippen LogP contribution in [0.3, 0.4) is 0 Å². The van der Waals surface area contributed by atoms with Gasteiger partial charge in [-0.2, -0.15) is 0 Å². The van der Waals surface area contributed by atoms with Crippen molar-refractivity contribution in [3.63, 3.8) is 0 Å². The van der Waals surface area contributed by atoms with E-state index >= 15 is 0 Å². The molecule has 0 aliphatic rings. The van der Waals surface area contributed by atoms with E-state index in [1.165, 1.54) is 0 Å². The summed E-state index contributed by atoms with van der Waals surface area (Å²) in [7, 11) is 0. The van der Waals surface area contributed by atoms with Crippen molar-refractivity contribution in [3.8, 4) is 11.6 Å². The smallest absolute Gasteiger partial charge is 0.302 e. The Morgan fingerprint density at radius 3 is 2.80 bits per heavy atom. The predicted octanol–water partition coefficient (Wildman–Crippen LogP) is 4.94. The van der Waals surface area contributed by atoms with Gasteiger partial charge in [-0.3, -0.25) is 4.79 Å². The molecular weight excluding hydrogens is 386 g/mol. The van der Waals surface area contributed by atoms with Crippen molar-refractivity contribution in [1.82, 2.24) is 4.98 Å². The van der Waals surface area contributed by atoms with Gasteiger partial charge < -0.3 is 14.8 Å². The van der Waals surface area contributed by atoms with E-state index in [9.17, 15) is 9.90 Å². The number of hydrogen-bond donors (Lipinski definition) is 2. The number of rotatable bonds is 4. The fourth-order valence-corrected chi connectivity index (χ4v) is 2.83. The minimum absolute atomic E-state index is 0.139. The zero-order valence-electron chi connectivity index (χ0n) is 13.7. The summed E-state index contributed by atoms with van der Waals surface area (Å²) in [5, 5.41) is 18.1. The highest BCUT2D eigenvalue weighted by Gasteiger charge is 2.12. The Kier molecular flexibility index (Phi) is 4.85. The normalized spacial score (nSPS) is 11.3. The molecule has 0 aliphatic heterocycles. The molecule has 25 heavy (non-hydrogen) atoms. The second kappa shape index (κ2) is 7.06. The van der Waals surface area contributed by atoms with Gasteiger partial charge in [-0.05, 0) is 43.7 Å². The van der Waals surface area contributed by atoms with Gasteiger partial charge in [0.2, 0.25) is 5.88 Å². The zero-order valence-corrected chi connectivity index (χ0v) is 15.3. The molecule has 1 heterocycles. The fraction of sp³-hybridized carbons (Fsp3) is 0.167. The van der Waals surface area contributed by atoms with Crippen LogP contribution < -0.4 is 4.74 Å². The Morgan fingerprint density at radius 2 is 2.04 bits per heavy atom. The summed E-state index contributed by atoms with van der Waals surface area (Å²) in [4.78, 5) is 14.7. The molecule has 0 atom stereocenters. The lowest BCUT2D eigenvalue weighted by molar-refractivity contribution is -0.120. The van der Waals surface area contributed by atoms with Crippen LogP contribution in [0.2, 0.25) is 0 Å². The quantitative estimate of drug-likeness (QED) is 0.606. The number of nitrogens with one attached hydrogen (secondary N) is 1. The highest BCUT2D eigenvalue weighted by Crippen LogP contribution is 2.36.